The SMILES string of the molecule is CCCNC(=O)C(CC)N(Cc1cccc(OC)c1)C(=O)CN(c1cccc(C)c1C)S(=O)(=O)c1ccccc1. The molecule has 1 N–H and O–H groups in total. The Morgan fingerprint density at radius 1 is 0.950 bits per heavy atom. The van der Waals surface area contributed by atoms with Gasteiger partial charge < -0.3 is 15.0 Å². The quantitative estimate of drug-likeness (QED) is 0.320. The maximum Gasteiger partial charge on any atom is 0.264 e. The van der Waals surface area contributed by atoms with E-state index in [9.17, 15) is 18.0 Å². The highest BCUT2D eigenvalue weighted by molar-refractivity contribution is 7.92. The van der Waals surface area contributed by atoms with Gasteiger partial charge in [-0.2, -0.15) is 0 Å². The van der Waals surface area contributed by atoms with Gasteiger partial charge in [-0.1, -0.05) is 56.3 Å². The summed E-state index contributed by atoms with van der Waals surface area (Å²) in [5, 5.41) is 2.90. The second kappa shape index (κ2) is 14.0. The molecule has 0 radical (unpaired) electrons. The number of nitrogens with zero attached hydrogens (tertiary/aromatic N) is 2. The van der Waals surface area contributed by atoms with Crippen LogP contribution >= 0.6 is 0 Å². The van der Waals surface area contributed by atoms with E-state index in [4.69, 9.17) is 4.74 Å². The van der Waals surface area contributed by atoms with Gasteiger partial charge in [0.2, 0.25) is 11.8 Å². The molecule has 8 nitrogen and oxygen atoms in total. The Balaban J connectivity index is 2.09. The third-order valence-electron chi connectivity index (χ3n) is 6.88. The Hall–Kier alpha value is -3.85. The lowest BCUT2D eigenvalue weighted by Gasteiger charge is -2.33. The average molecular weight is 566 g/mol. The molecular weight excluding hydrogens is 526 g/mol. The first-order chi connectivity index (χ1) is 19.1. The van der Waals surface area contributed by atoms with E-state index in [1.54, 1.807) is 49.6 Å². The number of sulfonamides is 1. The Morgan fingerprint density at radius 2 is 1.65 bits per heavy atom. The van der Waals surface area contributed by atoms with Crippen molar-refractivity contribution >= 4 is 27.5 Å². The lowest BCUT2D eigenvalue weighted by molar-refractivity contribution is -0.140. The molecule has 0 aliphatic carbocycles. The lowest BCUT2D eigenvalue weighted by Crippen LogP contribution is -2.52. The molecule has 0 aliphatic heterocycles. The Morgan fingerprint density at radius 3 is 2.30 bits per heavy atom. The van der Waals surface area contributed by atoms with E-state index in [0.717, 1.165) is 27.4 Å². The van der Waals surface area contributed by atoms with Crippen LogP contribution in [0.2, 0.25) is 0 Å². The Kier molecular flexibility index (Phi) is 10.7. The molecule has 40 heavy (non-hydrogen) atoms. The number of anilines is 1. The number of hydrogen-bond donors (Lipinski definition) is 1. The van der Waals surface area contributed by atoms with Crippen LogP contribution in [0.5, 0.6) is 5.75 Å². The minimum absolute atomic E-state index is 0.0794. The van der Waals surface area contributed by atoms with Crippen LogP contribution in [0.15, 0.2) is 77.7 Å². The Labute approximate surface area is 238 Å². The second-order valence-corrected chi connectivity index (χ2v) is 11.5. The van der Waals surface area contributed by atoms with Crippen molar-refractivity contribution in [2.45, 2.75) is 58.0 Å². The van der Waals surface area contributed by atoms with Gasteiger partial charge in [0, 0.05) is 13.1 Å². The molecule has 3 aromatic rings. The third kappa shape index (κ3) is 7.21. The van der Waals surface area contributed by atoms with Crippen LogP contribution in [0.1, 0.15) is 43.4 Å². The predicted molar refractivity (Wildman–Crippen MR) is 158 cm³/mol. The first-order valence-electron chi connectivity index (χ1n) is 13.5. The molecule has 0 heterocycles. The minimum atomic E-state index is -4.11. The molecule has 3 aromatic carbocycles. The highest BCUT2D eigenvalue weighted by Gasteiger charge is 2.34. The average Bonchev–Trinajstić information content (AvgIpc) is 2.96. The number of rotatable bonds is 13. The van der Waals surface area contributed by atoms with Crippen LogP contribution in [-0.4, -0.2) is 51.4 Å². The fourth-order valence-corrected chi connectivity index (χ4v) is 5.98. The fourth-order valence-electron chi connectivity index (χ4n) is 4.49. The monoisotopic (exact) mass is 565 g/mol. The largest absolute Gasteiger partial charge is 0.497 e. The number of ether oxygens (including phenoxy) is 1. The molecular formula is C31H39N3O5S. The summed E-state index contributed by atoms with van der Waals surface area (Å²) in [7, 11) is -2.55. The van der Waals surface area contributed by atoms with Gasteiger partial charge in [0.15, 0.2) is 0 Å². The minimum Gasteiger partial charge on any atom is -0.497 e. The number of methoxy groups -OCH3 is 1. The molecule has 0 saturated heterocycles. The zero-order valence-corrected chi connectivity index (χ0v) is 24.7. The van der Waals surface area contributed by atoms with E-state index < -0.39 is 28.5 Å². The summed E-state index contributed by atoms with van der Waals surface area (Å²) in [6.07, 6.45) is 1.11. The van der Waals surface area contributed by atoms with Crippen LogP contribution in [0, 0.1) is 13.8 Å². The zero-order chi connectivity index (χ0) is 29.3. The van der Waals surface area contributed by atoms with E-state index in [2.05, 4.69) is 5.32 Å². The topological polar surface area (TPSA) is 96.0 Å². The molecule has 0 aliphatic rings. The van der Waals surface area contributed by atoms with Crippen LogP contribution in [-0.2, 0) is 26.2 Å². The van der Waals surface area contributed by atoms with E-state index >= 15 is 0 Å². The van der Waals surface area contributed by atoms with Crippen molar-refractivity contribution in [3.05, 3.63) is 89.5 Å². The maximum atomic E-state index is 14.1. The molecule has 9 heteroatoms. The molecule has 0 bridgehead atoms. The summed E-state index contributed by atoms with van der Waals surface area (Å²) >= 11 is 0. The summed E-state index contributed by atoms with van der Waals surface area (Å²) in [6, 6.07) is 19.9. The number of hydrogen-bond acceptors (Lipinski definition) is 5. The molecule has 1 unspecified atom stereocenters. The van der Waals surface area contributed by atoms with Crippen LogP contribution in [0.25, 0.3) is 0 Å². The Bertz CT molecular complexity index is 1410. The van der Waals surface area contributed by atoms with Gasteiger partial charge in [-0.3, -0.25) is 13.9 Å². The second-order valence-electron chi connectivity index (χ2n) is 9.63. The van der Waals surface area contributed by atoms with Crippen LogP contribution in [0.4, 0.5) is 5.69 Å². The standard InChI is InChI=1S/C31H39N3O5S/c1-6-19-32-31(36)28(7-2)33(21-25-14-12-15-26(20-25)39-5)30(35)22-34(29-18-11-13-23(3)24(29)4)40(37,38)27-16-9-8-10-17-27/h8-18,20,28H,6-7,19,21-22H2,1-5H3,(H,32,36). The van der Waals surface area contributed by atoms with E-state index in [-0.39, 0.29) is 17.3 Å². The number of benzene rings is 3. The molecule has 2 amide bonds. The number of carbonyl (C=O) groups is 2. The van der Waals surface area contributed by atoms with Crippen molar-refractivity contribution < 1.29 is 22.7 Å². The number of nitrogens with one attached hydrogen (secondary N) is 1. The van der Waals surface area contributed by atoms with Crippen molar-refractivity contribution in [1.29, 1.82) is 0 Å². The molecule has 1 atom stereocenters. The zero-order valence-electron chi connectivity index (χ0n) is 23.9. The van der Waals surface area contributed by atoms with Gasteiger partial charge in [-0.05, 0) is 73.7 Å². The smallest absolute Gasteiger partial charge is 0.264 e. The van der Waals surface area contributed by atoms with Gasteiger partial charge >= 0.3 is 0 Å². The number of amides is 2. The highest BCUT2D eigenvalue weighted by Crippen LogP contribution is 2.29. The summed E-state index contributed by atoms with van der Waals surface area (Å²) in [6.45, 7) is 7.65. The van der Waals surface area contributed by atoms with E-state index in [1.807, 2.05) is 45.9 Å². The van der Waals surface area contributed by atoms with Gasteiger partial charge in [0.25, 0.3) is 10.0 Å². The van der Waals surface area contributed by atoms with E-state index in [1.165, 1.54) is 17.0 Å². The van der Waals surface area contributed by atoms with Crippen molar-refractivity contribution in [2.24, 2.45) is 0 Å². The highest BCUT2D eigenvalue weighted by atomic mass is 32.2. The van der Waals surface area contributed by atoms with Gasteiger partial charge in [0.05, 0.1) is 17.7 Å². The van der Waals surface area contributed by atoms with Crippen LogP contribution < -0.4 is 14.4 Å². The molecule has 0 spiro atoms. The molecule has 214 valence electrons. The van der Waals surface area contributed by atoms with Crippen molar-refractivity contribution in [3.63, 3.8) is 0 Å². The van der Waals surface area contributed by atoms with E-state index in [0.29, 0.717) is 24.4 Å². The van der Waals surface area contributed by atoms with Crippen molar-refractivity contribution in [1.82, 2.24) is 10.2 Å². The van der Waals surface area contributed by atoms with Gasteiger partial charge in [-0.25, -0.2) is 8.42 Å². The normalized spacial score (nSPS) is 11.9. The summed E-state index contributed by atoms with van der Waals surface area (Å²) in [4.78, 5) is 28.9. The maximum absolute atomic E-state index is 14.1. The molecule has 0 fully saturated rings. The van der Waals surface area contributed by atoms with Gasteiger partial charge in [0.1, 0.15) is 18.3 Å². The predicted octanol–water partition coefficient (Wildman–Crippen LogP) is 4.84. The molecule has 0 saturated carbocycles. The summed E-state index contributed by atoms with van der Waals surface area (Å²) in [5.74, 6) is -0.136. The summed E-state index contributed by atoms with van der Waals surface area (Å²) < 4.78 is 34.4. The third-order valence-corrected chi connectivity index (χ3v) is 8.65. The molecule has 0 aromatic heterocycles. The number of carbonyl (C=O) groups excluding carboxylic acids is 2. The lowest BCUT2D eigenvalue weighted by atomic mass is 10.1. The summed E-state index contributed by atoms with van der Waals surface area (Å²) in [5.41, 5.74) is 2.83. The first kappa shape index (κ1) is 30.7. The number of aryl methyl sites for hydroxylation is 1. The first-order valence-corrected chi connectivity index (χ1v) is 14.9. The van der Waals surface area contributed by atoms with Crippen molar-refractivity contribution in [2.75, 3.05) is 24.5 Å². The molecule has 3 rings (SSSR count). The van der Waals surface area contributed by atoms with Gasteiger partial charge in [-0.15, -0.1) is 0 Å². The van der Waals surface area contributed by atoms with Crippen LogP contribution in [0.3, 0.4) is 0 Å². The van der Waals surface area contributed by atoms with Crippen molar-refractivity contribution in [3.8, 4) is 5.75 Å². The fraction of sp³-hybridized carbons (Fsp3) is 0.355.